The van der Waals surface area contributed by atoms with Crippen molar-refractivity contribution in [3.8, 4) is 0 Å². The molecule has 3 rings (SSSR count). The van der Waals surface area contributed by atoms with Crippen LogP contribution in [0.25, 0.3) is 10.9 Å². The van der Waals surface area contributed by atoms with Gasteiger partial charge in [0.1, 0.15) is 0 Å². The molecule has 0 bridgehead atoms. The van der Waals surface area contributed by atoms with Crippen molar-refractivity contribution in [1.29, 1.82) is 0 Å². The summed E-state index contributed by atoms with van der Waals surface area (Å²) in [4.78, 5) is 3.24. The second-order valence-electron chi connectivity index (χ2n) is 4.12. The van der Waals surface area contributed by atoms with Crippen molar-refractivity contribution in [3.63, 3.8) is 0 Å². The molecule has 1 aromatic carbocycles. The molecular weight excluding hydrogens is 172 g/mol. The molecule has 3 N–H and O–H groups in total. The van der Waals surface area contributed by atoms with E-state index in [2.05, 4.69) is 29.2 Å². The fourth-order valence-electron chi connectivity index (χ4n) is 2.32. The lowest BCUT2D eigenvalue weighted by atomic mass is 10.0. The monoisotopic (exact) mass is 186 g/mol. The minimum Gasteiger partial charge on any atom is -0.361 e. The van der Waals surface area contributed by atoms with E-state index in [-0.39, 0.29) is 0 Å². The molecule has 0 amide bonds. The molecule has 0 aliphatic heterocycles. The molecule has 0 unspecified atom stereocenters. The molecular formula is C12H14N2. The summed E-state index contributed by atoms with van der Waals surface area (Å²) >= 11 is 0. The van der Waals surface area contributed by atoms with Gasteiger partial charge in [-0.1, -0.05) is 12.1 Å². The molecule has 72 valence electrons. The fraction of sp³-hybridized carbons (Fsp3) is 0.333. The molecule has 1 fully saturated rings. The number of H-pyrrole nitrogens is 1. The van der Waals surface area contributed by atoms with Gasteiger partial charge in [-0.05, 0) is 42.5 Å². The van der Waals surface area contributed by atoms with E-state index in [0.29, 0.717) is 5.92 Å². The van der Waals surface area contributed by atoms with Gasteiger partial charge < -0.3 is 10.7 Å². The zero-order valence-corrected chi connectivity index (χ0v) is 8.03. The third-order valence-corrected chi connectivity index (χ3v) is 3.25. The van der Waals surface area contributed by atoms with E-state index >= 15 is 0 Å². The Morgan fingerprint density at radius 1 is 1.36 bits per heavy atom. The van der Waals surface area contributed by atoms with Crippen LogP contribution in [0.1, 0.15) is 17.9 Å². The van der Waals surface area contributed by atoms with Gasteiger partial charge in [0.15, 0.2) is 0 Å². The summed E-state index contributed by atoms with van der Waals surface area (Å²) in [5.74, 6) is 1.43. The SMILES string of the molecule is NC[C@@H]1C[C@H]1c1cccc2[nH]ccc12. The number of hydrogen-bond donors (Lipinski definition) is 2. The molecule has 1 aromatic heterocycles. The molecule has 1 aliphatic rings. The Morgan fingerprint density at radius 2 is 2.29 bits per heavy atom. The Kier molecular flexibility index (Phi) is 1.64. The van der Waals surface area contributed by atoms with E-state index in [9.17, 15) is 0 Å². The van der Waals surface area contributed by atoms with Crippen LogP contribution in [0.3, 0.4) is 0 Å². The van der Waals surface area contributed by atoms with Crippen molar-refractivity contribution in [3.05, 3.63) is 36.0 Å². The van der Waals surface area contributed by atoms with Crippen molar-refractivity contribution in [2.45, 2.75) is 12.3 Å². The van der Waals surface area contributed by atoms with Crippen molar-refractivity contribution in [2.24, 2.45) is 11.7 Å². The fourth-order valence-corrected chi connectivity index (χ4v) is 2.32. The topological polar surface area (TPSA) is 41.8 Å². The van der Waals surface area contributed by atoms with E-state index < -0.39 is 0 Å². The van der Waals surface area contributed by atoms with Crippen LogP contribution in [0, 0.1) is 5.92 Å². The molecule has 1 aliphatic carbocycles. The third kappa shape index (κ3) is 1.07. The number of hydrogen-bond acceptors (Lipinski definition) is 1. The molecule has 0 spiro atoms. The first-order valence-corrected chi connectivity index (χ1v) is 5.16. The molecule has 2 atom stereocenters. The lowest BCUT2D eigenvalue weighted by molar-refractivity contribution is 0.812. The smallest absolute Gasteiger partial charge is 0.0456 e. The average molecular weight is 186 g/mol. The number of aromatic nitrogens is 1. The van der Waals surface area contributed by atoms with Gasteiger partial charge in [-0.25, -0.2) is 0 Å². The van der Waals surface area contributed by atoms with Crippen LogP contribution < -0.4 is 5.73 Å². The number of aromatic amines is 1. The molecule has 0 radical (unpaired) electrons. The summed E-state index contributed by atoms with van der Waals surface area (Å²) in [6.45, 7) is 0.825. The van der Waals surface area contributed by atoms with Crippen LogP contribution in [0.15, 0.2) is 30.5 Å². The predicted molar refractivity (Wildman–Crippen MR) is 58.2 cm³/mol. The van der Waals surface area contributed by atoms with Gasteiger partial charge in [0.05, 0.1) is 0 Å². The molecule has 0 saturated heterocycles. The molecule has 14 heavy (non-hydrogen) atoms. The van der Waals surface area contributed by atoms with Gasteiger partial charge in [0.25, 0.3) is 0 Å². The molecule has 2 aromatic rings. The Hall–Kier alpha value is -1.28. The van der Waals surface area contributed by atoms with Crippen LogP contribution in [0.5, 0.6) is 0 Å². The van der Waals surface area contributed by atoms with Crippen molar-refractivity contribution >= 4 is 10.9 Å². The number of nitrogens with two attached hydrogens (primary N) is 1. The van der Waals surface area contributed by atoms with E-state index in [1.54, 1.807) is 0 Å². The molecule has 2 heteroatoms. The summed E-state index contributed by atoms with van der Waals surface area (Å²) in [6, 6.07) is 8.64. The summed E-state index contributed by atoms with van der Waals surface area (Å²) in [5, 5.41) is 1.37. The zero-order valence-electron chi connectivity index (χ0n) is 8.03. The van der Waals surface area contributed by atoms with Gasteiger partial charge in [-0.15, -0.1) is 0 Å². The number of benzene rings is 1. The van der Waals surface area contributed by atoms with Gasteiger partial charge >= 0.3 is 0 Å². The highest BCUT2D eigenvalue weighted by Gasteiger charge is 2.37. The minimum atomic E-state index is 0.708. The first-order chi connectivity index (χ1) is 6.90. The van der Waals surface area contributed by atoms with Gasteiger partial charge in [0, 0.05) is 17.1 Å². The Balaban J connectivity index is 2.08. The van der Waals surface area contributed by atoms with Gasteiger partial charge in [-0.3, -0.25) is 0 Å². The summed E-state index contributed by atoms with van der Waals surface area (Å²) in [5.41, 5.74) is 8.39. The van der Waals surface area contributed by atoms with Crippen molar-refractivity contribution in [1.82, 2.24) is 4.98 Å². The normalized spacial score (nSPS) is 25.5. The van der Waals surface area contributed by atoms with Crippen LogP contribution in [-0.2, 0) is 0 Å². The Labute approximate surface area is 83.1 Å². The second kappa shape index (κ2) is 2.85. The summed E-state index contributed by atoms with van der Waals surface area (Å²) in [6.07, 6.45) is 3.27. The van der Waals surface area contributed by atoms with Gasteiger partial charge in [0.2, 0.25) is 0 Å². The van der Waals surface area contributed by atoms with E-state index in [0.717, 1.165) is 12.5 Å². The number of nitrogens with one attached hydrogen (secondary N) is 1. The highest BCUT2D eigenvalue weighted by Crippen LogP contribution is 2.48. The second-order valence-corrected chi connectivity index (χ2v) is 4.12. The lowest BCUT2D eigenvalue weighted by Crippen LogP contribution is -2.01. The highest BCUT2D eigenvalue weighted by atomic mass is 14.7. The summed E-state index contributed by atoms with van der Waals surface area (Å²) in [7, 11) is 0. The number of fused-ring (bicyclic) bond motifs is 1. The molecule has 1 saturated carbocycles. The average Bonchev–Trinajstić information content (AvgIpc) is 2.85. The van der Waals surface area contributed by atoms with Gasteiger partial charge in [-0.2, -0.15) is 0 Å². The van der Waals surface area contributed by atoms with E-state index in [1.807, 2.05) is 6.20 Å². The maximum atomic E-state index is 5.67. The largest absolute Gasteiger partial charge is 0.361 e. The Bertz CT molecular complexity index is 458. The Morgan fingerprint density at radius 3 is 3.07 bits per heavy atom. The van der Waals surface area contributed by atoms with E-state index in [1.165, 1.54) is 22.9 Å². The van der Waals surface area contributed by atoms with Crippen molar-refractivity contribution in [2.75, 3.05) is 6.54 Å². The predicted octanol–water partition coefficient (Wildman–Crippen LogP) is 2.23. The number of rotatable bonds is 2. The quantitative estimate of drug-likeness (QED) is 0.742. The third-order valence-electron chi connectivity index (χ3n) is 3.25. The summed E-state index contributed by atoms with van der Waals surface area (Å²) < 4.78 is 0. The zero-order chi connectivity index (χ0) is 9.54. The first-order valence-electron chi connectivity index (χ1n) is 5.16. The van der Waals surface area contributed by atoms with Crippen LogP contribution in [0.2, 0.25) is 0 Å². The van der Waals surface area contributed by atoms with Crippen LogP contribution in [-0.4, -0.2) is 11.5 Å². The molecule has 2 nitrogen and oxygen atoms in total. The molecule has 1 heterocycles. The maximum Gasteiger partial charge on any atom is 0.0456 e. The van der Waals surface area contributed by atoms with Crippen LogP contribution in [0.4, 0.5) is 0 Å². The van der Waals surface area contributed by atoms with Crippen molar-refractivity contribution < 1.29 is 0 Å². The minimum absolute atomic E-state index is 0.708. The standard InChI is InChI=1S/C12H14N2/c13-7-8-6-11(8)9-2-1-3-12-10(9)4-5-14-12/h1-5,8,11,14H,6-7,13H2/t8-,11+/m0/s1. The highest BCUT2D eigenvalue weighted by molar-refractivity contribution is 5.83. The van der Waals surface area contributed by atoms with E-state index in [4.69, 9.17) is 5.73 Å². The van der Waals surface area contributed by atoms with Crippen LogP contribution >= 0.6 is 0 Å². The first kappa shape index (κ1) is 8.06. The maximum absolute atomic E-state index is 5.67. The lowest BCUT2D eigenvalue weighted by Gasteiger charge is -2.01.